The molecule has 2 aromatic carbocycles. The summed E-state index contributed by atoms with van der Waals surface area (Å²) in [6.07, 6.45) is 3.97. The van der Waals surface area contributed by atoms with Gasteiger partial charge in [-0.1, -0.05) is 24.3 Å². The minimum Gasteiger partial charge on any atom is -0.490 e. The van der Waals surface area contributed by atoms with Crippen LogP contribution < -0.4 is 28.4 Å². The maximum atomic E-state index is 12.4. The molecule has 2 aliphatic rings. The van der Waals surface area contributed by atoms with Crippen LogP contribution in [-0.4, -0.2) is 59.4 Å². The third kappa shape index (κ3) is 9.54. The Morgan fingerprint density at radius 3 is 1.76 bits per heavy atom. The summed E-state index contributed by atoms with van der Waals surface area (Å²) in [4.78, 5) is 0. The molecule has 0 aliphatic carbocycles. The summed E-state index contributed by atoms with van der Waals surface area (Å²) in [6.45, 7) is 1.88. The van der Waals surface area contributed by atoms with Crippen molar-refractivity contribution >= 4 is 32.8 Å². The van der Waals surface area contributed by atoms with E-state index >= 15 is 0 Å². The molecule has 9 nitrogen and oxygen atoms in total. The molecule has 0 spiro atoms. The van der Waals surface area contributed by atoms with E-state index < -0.39 is 10.1 Å². The molecule has 6 rings (SSSR count). The van der Waals surface area contributed by atoms with Crippen LogP contribution in [0.3, 0.4) is 0 Å². The third-order valence-electron chi connectivity index (χ3n) is 7.52. The zero-order valence-electron chi connectivity index (χ0n) is 25.5. The molecule has 4 heterocycles. The summed E-state index contributed by atoms with van der Waals surface area (Å²) in [6, 6.07) is 15.8. The number of aryl methyl sites for hydroxylation is 2. The average molecular weight is 687 g/mol. The van der Waals surface area contributed by atoms with E-state index in [1.807, 2.05) is 70.1 Å². The largest absolute Gasteiger partial charge is 0.490 e. The molecule has 246 valence electrons. The summed E-state index contributed by atoms with van der Waals surface area (Å²) in [5.74, 6) is 4.65. The number of unbranched alkanes of at least 4 members (excludes halogenated alkanes) is 2. The van der Waals surface area contributed by atoms with Crippen molar-refractivity contribution in [3.8, 4) is 34.5 Å². The summed E-state index contributed by atoms with van der Waals surface area (Å²) in [7, 11) is -3.56. The van der Waals surface area contributed by atoms with Gasteiger partial charge in [-0.3, -0.25) is 4.18 Å². The molecular weight excluding hydrogens is 649 g/mol. The molecule has 0 amide bonds. The minimum atomic E-state index is -3.56. The number of ether oxygens (including phenoxy) is 6. The fourth-order valence-corrected chi connectivity index (χ4v) is 7.52. The standard InChI is InChI=1S/C34H38O9S3/c35-46(36,14-4-2-8-26-10-6-12-28(16-26)38-18-30-20-40-32-22-45-24-34(32)43-30)41-13-3-1-7-25-9-5-11-27(15-25)37-17-29-19-39-31-21-44-23-33(31)42-29/h5-6,9-12,15-16,21-24,29-30H,1-4,7-8,13-14,17-20H2. The SMILES string of the molecule is O=S(=O)(CCCCc1cccc(OCC2COc3cscc3O2)c1)OCCCCc1cccc(OCC2COc3cscc3O2)c1. The molecule has 2 aromatic heterocycles. The Morgan fingerprint density at radius 1 is 0.674 bits per heavy atom. The van der Waals surface area contributed by atoms with Gasteiger partial charge in [0.1, 0.15) is 37.9 Å². The fraction of sp³-hybridized carbons (Fsp3) is 0.412. The molecule has 0 saturated heterocycles. The van der Waals surface area contributed by atoms with Crippen molar-refractivity contribution in [1.82, 2.24) is 0 Å². The molecule has 2 atom stereocenters. The van der Waals surface area contributed by atoms with Gasteiger partial charge in [-0.05, 0) is 73.9 Å². The highest BCUT2D eigenvalue weighted by molar-refractivity contribution is 7.86. The Hall–Kier alpha value is -3.45. The lowest BCUT2D eigenvalue weighted by Gasteiger charge is -2.24. The topological polar surface area (TPSA) is 98.8 Å². The monoisotopic (exact) mass is 686 g/mol. The Balaban J connectivity index is 0.826. The molecular formula is C34H38O9S3. The van der Waals surface area contributed by atoms with E-state index in [2.05, 4.69) is 0 Å². The first-order chi connectivity index (χ1) is 22.5. The first kappa shape index (κ1) is 32.5. The smallest absolute Gasteiger partial charge is 0.267 e. The Morgan fingerprint density at radius 2 is 1.20 bits per heavy atom. The highest BCUT2D eigenvalue weighted by atomic mass is 32.2. The van der Waals surface area contributed by atoms with Crippen molar-refractivity contribution in [2.45, 2.75) is 50.7 Å². The average Bonchev–Trinajstić information content (AvgIpc) is 3.74. The molecule has 2 aliphatic heterocycles. The van der Waals surface area contributed by atoms with Gasteiger partial charge in [-0.15, -0.1) is 22.7 Å². The number of hydrogen-bond acceptors (Lipinski definition) is 11. The first-order valence-corrected chi connectivity index (χ1v) is 19.0. The van der Waals surface area contributed by atoms with Gasteiger partial charge in [-0.2, -0.15) is 8.42 Å². The highest BCUT2D eigenvalue weighted by Gasteiger charge is 2.23. The van der Waals surface area contributed by atoms with Gasteiger partial charge in [-0.25, -0.2) is 0 Å². The van der Waals surface area contributed by atoms with Gasteiger partial charge >= 0.3 is 0 Å². The lowest BCUT2D eigenvalue weighted by molar-refractivity contribution is 0.0546. The molecule has 0 radical (unpaired) electrons. The summed E-state index contributed by atoms with van der Waals surface area (Å²) in [5, 5.41) is 7.72. The molecule has 12 heteroatoms. The van der Waals surface area contributed by atoms with Crippen LogP contribution >= 0.6 is 22.7 Å². The van der Waals surface area contributed by atoms with E-state index in [9.17, 15) is 8.42 Å². The lowest BCUT2D eigenvalue weighted by Crippen LogP contribution is -2.34. The van der Waals surface area contributed by atoms with Crippen LogP contribution in [0.25, 0.3) is 0 Å². The number of rotatable bonds is 17. The van der Waals surface area contributed by atoms with Crippen LogP contribution in [0.1, 0.15) is 36.8 Å². The lowest BCUT2D eigenvalue weighted by atomic mass is 10.1. The van der Waals surface area contributed by atoms with Gasteiger partial charge in [0.15, 0.2) is 35.2 Å². The molecule has 0 fully saturated rings. The quantitative estimate of drug-likeness (QED) is 0.0864. The van der Waals surface area contributed by atoms with E-state index in [1.54, 1.807) is 22.7 Å². The first-order valence-electron chi connectivity index (χ1n) is 15.5. The second kappa shape index (κ2) is 15.9. The van der Waals surface area contributed by atoms with Crippen LogP contribution in [0.5, 0.6) is 34.5 Å². The van der Waals surface area contributed by atoms with E-state index in [-0.39, 0.29) is 24.6 Å². The molecule has 2 unspecified atom stereocenters. The number of thiophene rings is 2. The Kier molecular flexibility index (Phi) is 11.2. The minimum absolute atomic E-state index is 0.00956. The maximum absolute atomic E-state index is 12.4. The van der Waals surface area contributed by atoms with E-state index in [0.29, 0.717) is 39.3 Å². The van der Waals surface area contributed by atoms with Crippen LogP contribution in [0.15, 0.2) is 70.1 Å². The molecule has 0 saturated carbocycles. The van der Waals surface area contributed by atoms with Crippen molar-refractivity contribution in [3.63, 3.8) is 0 Å². The van der Waals surface area contributed by atoms with Gasteiger partial charge < -0.3 is 28.4 Å². The van der Waals surface area contributed by atoms with Crippen molar-refractivity contribution in [3.05, 3.63) is 81.2 Å². The van der Waals surface area contributed by atoms with Crippen LogP contribution in [-0.2, 0) is 27.1 Å². The van der Waals surface area contributed by atoms with Crippen molar-refractivity contribution in [2.24, 2.45) is 0 Å². The number of benzene rings is 2. The van der Waals surface area contributed by atoms with Crippen molar-refractivity contribution in [2.75, 3.05) is 38.8 Å². The van der Waals surface area contributed by atoms with Gasteiger partial charge in [0, 0.05) is 21.5 Å². The summed E-state index contributed by atoms with van der Waals surface area (Å²) < 4.78 is 65.3. The van der Waals surface area contributed by atoms with Gasteiger partial charge in [0.05, 0.1) is 12.4 Å². The van der Waals surface area contributed by atoms with Crippen LogP contribution in [0.2, 0.25) is 0 Å². The van der Waals surface area contributed by atoms with E-state index in [1.165, 1.54) is 0 Å². The number of hydrogen-bond donors (Lipinski definition) is 0. The predicted molar refractivity (Wildman–Crippen MR) is 178 cm³/mol. The predicted octanol–water partition coefficient (Wildman–Crippen LogP) is 6.94. The zero-order valence-corrected chi connectivity index (χ0v) is 27.9. The molecule has 46 heavy (non-hydrogen) atoms. The molecule has 0 bridgehead atoms. The number of fused-ring (bicyclic) bond motifs is 2. The van der Waals surface area contributed by atoms with Crippen molar-refractivity contribution < 1.29 is 41.0 Å². The van der Waals surface area contributed by atoms with E-state index in [0.717, 1.165) is 71.3 Å². The Bertz CT molecular complexity index is 1650. The van der Waals surface area contributed by atoms with E-state index in [4.69, 9.17) is 32.6 Å². The molecule has 0 N–H and O–H groups in total. The second-order valence-electron chi connectivity index (χ2n) is 11.2. The second-order valence-corrected chi connectivity index (χ2v) is 14.5. The Labute approximate surface area is 278 Å². The van der Waals surface area contributed by atoms with Gasteiger partial charge in [0.2, 0.25) is 0 Å². The van der Waals surface area contributed by atoms with Crippen molar-refractivity contribution in [1.29, 1.82) is 0 Å². The molecule has 4 aromatic rings. The highest BCUT2D eigenvalue weighted by Crippen LogP contribution is 2.36. The van der Waals surface area contributed by atoms with Crippen LogP contribution in [0.4, 0.5) is 0 Å². The maximum Gasteiger partial charge on any atom is 0.267 e. The zero-order chi connectivity index (χ0) is 31.6. The van der Waals surface area contributed by atoms with Gasteiger partial charge in [0.25, 0.3) is 10.1 Å². The van der Waals surface area contributed by atoms with Crippen LogP contribution in [0, 0.1) is 0 Å². The summed E-state index contributed by atoms with van der Waals surface area (Å²) >= 11 is 3.10. The summed E-state index contributed by atoms with van der Waals surface area (Å²) in [5.41, 5.74) is 2.23. The fourth-order valence-electron chi connectivity index (χ4n) is 5.13. The normalized spacial score (nSPS) is 17.0. The third-order valence-corrected chi connectivity index (χ3v) is 10.2.